The smallest absolute Gasteiger partial charge is 0.210 e. The molecule has 2 aromatic rings. The van der Waals surface area contributed by atoms with Crippen LogP contribution in [0, 0.1) is 6.92 Å². The summed E-state index contributed by atoms with van der Waals surface area (Å²) < 4.78 is 0.976. The highest BCUT2D eigenvalue weighted by Gasteiger charge is 2.02. The Balaban J connectivity index is 2.11. The third kappa shape index (κ3) is 2.70. The number of aryl methyl sites for hydroxylation is 1. The van der Waals surface area contributed by atoms with E-state index >= 15 is 0 Å². The third-order valence-corrected chi connectivity index (χ3v) is 3.70. The number of nitrogens with one attached hydrogen (secondary N) is 1. The van der Waals surface area contributed by atoms with Crippen molar-refractivity contribution in [3.05, 3.63) is 29.8 Å². The molecule has 0 fully saturated rings. The lowest BCUT2D eigenvalue weighted by Gasteiger charge is -2.01. The van der Waals surface area contributed by atoms with E-state index in [1.165, 1.54) is 5.56 Å². The van der Waals surface area contributed by atoms with Gasteiger partial charge in [0, 0.05) is 5.69 Å². The summed E-state index contributed by atoms with van der Waals surface area (Å²) in [5.41, 5.74) is 2.30. The average Bonchev–Trinajstić information content (AvgIpc) is 2.69. The average molecular weight is 237 g/mol. The zero-order valence-electron chi connectivity index (χ0n) is 8.52. The zero-order valence-corrected chi connectivity index (χ0v) is 10.2. The molecular formula is C10H11N3S2. The van der Waals surface area contributed by atoms with E-state index in [1.54, 1.807) is 23.1 Å². The van der Waals surface area contributed by atoms with Crippen LogP contribution >= 0.6 is 23.1 Å². The Hall–Kier alpha value is -1.07. The molecule has 0 bridgehead atoms. The van der Waals surface area contributed by atoms with E-state index in [0.29, 0.717) is 0 Å². The first-order valence-electron chi connectivity index (χ1n) is 4.49. The van der Waals surface area contributed by atoms with Crippen molar-refractivity contribution in [1.29, 1.82) is 0 Å². The Morgan fingerprint density at radius 3 is 2.53 bits per heavy atom. The second kappa shape index (κ2) is 4.63. The van der Waals surface area contributed by atoms with Crippen LogP contribution < -0.4 is 5.32 Å². The number of hydrogen-bond acceptors (Lipinski definition) is 5. The Morgan fingerprint density at radius 2 is 1.93 bits per heavy atom. The molecule has 0 spiro atoms. The zero-order chi connectivity index (χ0) is 10.7. The largest absolute Gasteiger partial charge is 0.330 e. The van der Waals surface area contributed by atoms with Gasteiger partial charge < -0.3 is 5.32 Å². The molecule has 0 aliphatic carbocycles. The second-order valence-corrected chi connectivity index (χ2v) is 5.10. The van der Waals surface area contributed by atoms with E-state index in [-0.39, 0.29) is 0 Å². The predicted molar refractivity (Wildman–Crippen MR) is 66.2 cm³/mol. The number of rotatable bonds is 3. The van der Waals surface area contributed by atoms with Crippen LogP contribution in [0.15, 0.2) is 28.6 Å². The van der Waals surface area contributed by atoms with Crippen molar-refractivity contribution < 1.29 is 0 Å². The molecule has 78 valence electrons. The molecule has 1 aromatic heterocycles. The summed E-state index contributed by atoms with van der Waals surface area (Å²) in [5, 5.41) is 12.1. The van der Waals surface area contributed by atoms with E-state index < -0.39 is 0 Å². The van der Waals surface area contributed by atoms with Crippen LogP contribution in [-0.2, 0) is 0 Å². The highest BCUT2D eigenvalue weighted by Crippen LogP contribution is 2.25. The fourth-order valence-electron chi connectivity index (χ4n) is 1.10. The van der Waals surface area contributed by atoms with E-state index in [2.05, 4.69) is 34.6 Å². The second-order valence-electron chi connectivity index (χ2n) is 3.07. The standard InChI is InChI=1S/C10H11N3S2/c1-7-3-5-8(6-4-7)11-9-12-13-10(14-2)15-9/h3-6H,1-2H3,(H,11,12). The molecule has 0 saturated heterocycles. The Morgan fingerprint density at radius 1 is 1.20 bits per heavy atom. The summed E-state index contributed by atoms with van der Waals surface area (Å²) in [4.78, 5) is 0. The van der Waals surface area contributed by atoms with Gasteiger partial charge in [0.15, 0.2) is 4.34 Å². The molecule has 0 aliphatic rings. The van der Waals surface area contributed by atoms with E-state index in [4.69, 9.17) is 0 Å². The number of nitrogens with zero attached hydrogens (tertiary/aromatic N) is 2. The Bertz CT molecular complexity index is 436. The highest BCUT2D eigenvalue weighted by atomic mass is 32.2. The lowest BCUT2D eigenvalue weighted by Crippen LogP contribution is -1.88. The van der Waals surface area contributed by atoms with E-state index in [9.17, 15) is 0 Å². The monoisotopic (exact) mass is 237 g/mol. The van der Waals surface area contributed by atoms with Gasteiger partial charge in [-0.15, -0.1) is 10.2 Å². The first-order chi connectivity index (χ1) is 7.28. The number of hydrogen-bond donors (Lipinski definition) is 1. The maximum atomic E-state index is 4.04. The molecule has 0 aliphatic heterocycles. The van der Waals surface area contributed by atoms with Gasteiger partial charge in [-0.1, -0.05) is 40.8 Å². The summed E-state index contributed by atoms with van der Waals surface area (Å²) in [5.74, 6) is 0. The van der Waals surface area contributed by atoms with Crippen molar-refractivity contribution >= 4 is 33.9 Å². The highest BCUT2D eigenvalue weighted by molar-refractivity contribution is 8.00. The lowest BCUT2D eigenvalue weighted by molar-refractivity contribution is 1.02. The molecule has 3 nitrogen and oxygen atoms in total. The normalized spacial score (nSPS) is 10.3. The van der Waals surface area contributed by atoms with Crippen LogP contribution in [0.25, 0.3) is 0 Å². The van der Waals surface area contributed by atoms with E-state index in [1.807, 2.05) is 18.4 Å². The van der Waals surface area contributed by atoms with Crippen molar-refractivity contribution in [2.45, 2.75) is 11.3 Å². The number of anilines is 2. The molecule has 2 rings (SSSR count). The lowest BCUT2D eigenvalue weighted by atomic mass is 10.2. The summed E-state index contributed by atoms with van der Waals surface area (Å²) in [6, 6.07) is 8.21. The Kier molecular flexibility index (Phi) is 3.23. The van der Waals surface area contributed by atoms with Crippen LogP contribution in [0.2, 0.25) is 0 Å². The first-order valence-corrected chi connectivity index (χ1v) is 6.53. The maximum Gasteiger partial charge on any atom is 0.210 e. The molecule has 0 atom stereocenters. The molecule has 0 radical (unpaired) electrons. The molecule has 5 heteroatoms. The molecule has 0 unspecified atom stereocenters. The summed E-state index contributed by atoms with van der Waals surface area (Å²) in [6.45, 7) is 2.07. The van der Waals surface area contributed by atoms with Crippen molar-refractivity contribution in [1.82, 2.24) is 10.2 Å². The SMILES string of the molecule is CSc1nnc(Nc2ccc(C)cc2)s1. The number of aromatic nitrogens is 2. The molecule has 0 saturated carbocycles. The van der Waals surface area contributed by atoms with Crippen LogP contribution in [-0.4, -0.2) is 16.5 Å². The predicted octanol–water partition coefficient (Wildman–Crippen LogP) is 3.31. The molecule has 1 N–H and O–H groups in total. The van der Waals surface area contributed by atoms with Gasteiger partial charge in [0.2, 0.25) is 5.13 Å². The first kappa shape index (κ1) is 10.4. The van der Waals surface area contributed by atoms with Crippen LogP contribution in [0.4, 0.5) is 10.8 Å². The molecule has 15 heavy (non-hydrogen) atoms. The van der Waals surface area contributed by atoms with Crippen molar-refractivity contribution in [2.24, 2.45) is 0 Å². The van der Waals surface area contributed by atoms with Crippen molar-refractivity contribution in [3.8, 4) is 0 Å². The molecule has 1 heterocycles. The van der Waals surface area contributed by atoms with Gasteiger partial charge in [-0.25, -0.2) is 0 Å². The summed E-state index contributed by atoms with van der Waals surface area (Å²) in [6.07, 6.45) is 2.00. The fraction of sp³-hybridized carbons (Fsp3) is 0.200. The summed E-state index contributed by atoms with van der Waals surface area (Å²) in [7, 11) is 0. The third-order valence-electron chi connectivity index (χ3n) is 1.88. The van der Waals surface area contributed by atoms with Gasteiger partial charge in [-0.3, -0.25) is 0 Å². The quantitative estimate of drug-likeness (QED) is 0.831. The fourth-order valence-corrected chi connectivity index (χ4v) is 2.29. The van der Waals surface area contributed by atoms with Crippen LogP contribution in [0.1, 0.15) is 5.56 Å². The van der Waals surface area contributed by atoms with Gasteiger partial charge >= 0.3 is 0 Å². The maximum absolute atomic E-state index is 4.04. The van der Waals surface area contributed by atoms with Crippen molar-refractivity contribution in [3.63, 3.8) is 0 Å². The van der Waals surface area contributed by atoms with Gasteiger partial charge in [-0.2, -0.15) is 0 Å². The number of thioether (sulfide) groups is 1. The van der Waals surface area contributed by atoms with Crippen LogP contribution in [0.5, 0.6) is 0 Å². The van der Waals surface area contributed by atoms with E-state index in [0.717, 1.165) is 15.2 Å². The Labute approximate surface area is 96.9 Å². The van der Waals surface area contributed by atoms with Gasteiger partial charge in [0.1, 0.15) is 0 Å². The summed E-state index contributed by atoms with van der Waals surface area (Å²) >= 11 is 3.17. The minimum atomic E-state index is 0.836. The topological polar surface area (TPSA) is 37.8 Å². The minimum absolute atomic E-state index is 0.836. The minimum Gasteiger partial charge on any atom is -0.330 e. The van der Waals surface area contributed by atoms with Crippen molar-refractivity contribution in [2.75, 3.05) is 11.6 Å². The number of benzene rings is 1. The van der Waals surface area contributed by atoms with Gasteiger partial charge in [0.25, 0.3) is 0 Å². The molecule has 0 amide bonds. The van der Waals surface area contributed by atoms with Gasteiger partial charge in [-0.05, 0) is 25.3 Å². The molecular weight excluding hydrogens is 226 g/mol. The molecule has 1 aromatic carbocycles. The van der Waals surface area contributed by atoms with Crippen LogP contribution in [0.3, 0.4) is 0 Å². The van der Waals surface area contributed by atoms with Gasteiger partial charge in [0.05, 0.1) is 0 Å².